The molecule has 2 rings (SSSR count). The predicted octanol–water partition coefficient (Wildman–Crippen LogP) is 3.36. The summed E-state index contributed by atoms with van der Waals surface area (Å²) in [6.07, 6.45) is -0.215. The van der Waals surface area contributed by atoms with Gasteiger partial charge in [0.2, 0.25) is 0 Å². The van der Waals surface area contributed by atoms with Gasteiger partial charge in [-0.05, 0) is 23.6 Å². The Hall–Kier alpha value is -2.25. The SMILES string of the molecule is COc1cc(C(=O)N[C@H](CC(=O)O)c2cccs2)cc(Cl)c1OC. The Labute approximate surface area is 148 Å². The van der Waals surface area contributed by atoms with Crippen LogP contribution in [0.4, 0.5) is 0 Å². The number of halogens is 1. The minimum Gasteiger partial charge on any atom is -0.493 e. The van der Waals surface area contributed by atoms with Crippen molar-refractivity contribution < 1.29 is 24.2 Å². The fraction of sp³-hybridized carbons (Fsp3) is 0.250. The van der Waals surface area contributed by atoms with Crippen molar-refractivity contribution in [1.29, 1.82) is 0 Å². The number of rotatable bonds is 7. The highest BCUT2D eigenvalue weighted by atomic mass is 35.5. The highest BCUT2D eigenvalue weighted by Crippen LogP contribution is 2.36. The molecule has 0 radical (unpaired) electrons. The Morgan fingerprint density at radius 3 is 2.62 bits per heavy atom. The average molecular weight is 370 g/mol. The lowest BCUT2D eigenvalue weighted by Crippen LogP contribution is -2.29. The molecule has 2 aromatic rings. The lowest BCUT2D eigenvalue weighted by atomic mass is 10.1. The highest BCUT2D eigenvalue weighted by molar-refractivity contribution is 7.10. The zero-order valence-electron chi connectivity index (χ0n) is 13.0. The molecule has 0 aliphatic rings. The summed E-state index contributed by atoms with van der Waals surface area (Å²) in [7, 11) is 2.89. The van der Waals surface area contributed by atoms with Gasteiger partial charge in [0.25, 0.3) is 5.91 Å². The zero-order chi connectivity index (χ0) is 17.7. The summed E-state index contributed by atoms with van der Waals surface area (Å²) in [6.45, 7) is 0. The van der Waals surface area contributed by atoms with Gasteiger partial charge in [0.05, 0.1) is 31.7 Å². The van der Waals surface area contributed by atoms with Crippen LogP contribution in [-0.4, -0.2) is 31.2 Å². The van der Waals surface area contributed by atoms with Gasteiger partial charge in [0, 0.05) is 10.4 Å². The van der Waals surface area contributed by atoms with Crippen molar-refractivity contribution in [2.75, 3.05) is 14.2 Å². The molecular formula is C16H16ClNO5S. The first-order valence-electron chi connectivity index (χ1n) is 6.93. The molecule has 0 spiro atoms. The second kappa shape index (κ2) is 8.03. The summed E-state index contributed by atoms with van der Waals surface area (Å²) >= 11 is 7.48. The maximum absolute atomic E-state index is 12.5. The Morgan fingerprint density at radius 1 is 1.33 bits per heavy atom. The van der Waals surface area contributed by atoms with Gasteiger partial charge in [0.15, 0.2) is 11.5 Å². The van der Waals surface area contributed by atoms with Crippen LogP contribution in [-0.2, 0) is 4.79 Å². The molecule has 8 heteroatoms. The van der Waals surface area contributed by atoms with Crippen LogP contribution in [0.5, 0.6) is 11.5 Å². The third kappa shape index (κ3) is 4.18. The van der Waals surface area contributed by atoms with E-state index >= 15 is 0 Å². The average Bonchev–Trinajstić information content (AvgIpc) is 3.07. The number of methoxy groups -OCH3 is 2. The van der Waals surface area contributed by atoms with Crippen LogP contribution < -0.4 is 14.8 Å². The highest BCUT2D eigenvalue weighted by Gasteiger charge is 2.21. The van der Waals surface area contributed by atoms with E-state index in [1.807, 2.05) is 5.38 Å². The fourth-order valence-corrected chi connectivity index (χ4v) is 3.24. The molecule has 0 saturated heterocycles. The number of carboxylic acids is 1. The second-order valence-electron chi connectivity index (χ2n) is 4.83. The quantitative estimate of drug-likeness (QED) is 0.781. The van der Waals surface area contributed by atoms with Crippen LogP contribution in [0, 0.1) is 0 Å². The molecule has 1 aromatic carbocycles. The zero-order valence-corrected chi connectivity index (χ0v) is 14.6. The number of nitrogens with one attached hydrogen (secondary N) is 1. The molecule has 0 fully saturated rings. The number of carboxylic acid groups (broad SMARTS) is 1. The summed E-state index contributed by atoms with van der Waals surface area (Å²) < 4.78 is 10.3. The normalized spacial score (nSPS) is 11.6. The summed E-state index contributed by atoms with van der Waals surface area (Å²) in [5, 5.41) is 13.8. The molecule has 0 saturated carbocycles. The van der Waals surface area contributed by atoms with E-state index in [0.29, 0.717) is 11.5 Å². The monoisotopic (exact) mass is 369 g/mol. The van der Waals surface area contributed by atoms with Gasteiger partial charge in [-0.3, -0.25) is 9.59 Å². The van der Waals surface area contributed by atoms with E-state index in [9.17, 15) is 9.59 Å². The molecule has 0 aliphatic carbocycles. The van der Waals surface area contributed by atoms with E-state index in [2.05, 4.69) is 5.32 Å². The third-order valence-electron chi connectivity index (χ3n) is 3.27. The summed E-state index contributed by atoms with van der Waals surface area (Å²) in [5.74, 6) is -0.798. The number of thiophene rings is 1. The van der Waals surface area contributed by atoms with Gasteiger partial charge >= 0.3 is 5.97 Å². The smallest absolute Gasteiger partial charge is 0.305 e. The molecule has 2 N–H and O–H groups in total. The van der Waals surface area contributed by atoms with Gasteiger partial charge in [-0.25, -0.2) is 0 Å². The summed E-state index contributed by atoms with van der Waals surface area (Å²) in [5.41, 5.74) is 0.254. The molecule has 0 aliphatic heterocycles. The number of carbonyl (C=O) groups is 2. The van der Waals surface area contributed by atoms with Crippen molar-refractivity contribution in [2.24, 2.45) is 0 Å². The Bertz CT molecular complexity index is 732. The van der Waals surface area contributed by atoms with Crippen LogP contribution in [0.3, 0.4) is 0 Å². The van der Waals surface area contributed by atoms with E-state index in [1.54, 1.807) is 12.1 Å². The maximum atomic E-state index is 12.5. The van der Waals surface area contributed by atoms with Gasteiger partial charge in [-0.1, -0.05) is 17.7 Å². The molecule has 0 bridgehead atoms. The van der Waals surface area contributed by atoms with Crippen molar-refractivity contribution in [2.45, 2.75) is 12.5 Å². The summed E-state index contributed by atoms with van der Waals surface area (Å²) in [6, 6.07) is 5.90. The van der Waals surface area contributed by atoms with Crippen LogP contribution >= 0.6 is 22.9 Å². The van der Waals surface area contributed by atoms with Gasteiger partial charge in [0.1, 0.15) is 0 Å². The lowest BCUT2D eigenvalue weighted by molar-refractivity contribution is -0.137. The minimum atomic E-state index is -1.00. The second-order valence-corrected chi connectivity index (χ2v) is 6.22. The molecule has 1 heterocycles. The number of benzene rings is 1. The molecule has 6 nitrogen and oxygen atoms in total. The molecule has 24 heavy (non-hydrogen) atoms. The fourth-order valence-electron chi connectivity index (χ4n) is 2.18. The van der Waals surface area contributed by atoms with E-state index in [4.69, 9.17) is 26.2 Å². The third-order valence-corrected chi connectivity index (χ3v) is 4.53. The van der Waals surface area contributed by atoms with Gasteiger partial charge in [-0.15, -0.1) is 11.3 Å². The van der Waals surface area contributed by atoms with Crippen molar-refractivity contribution in [3.63, 3.8) is 0 Å². The number of hydrogen-bond donors (Lipinski definition) is 2. The van der Waals surface area contributed by atoms with Crippen molar-refractivity contribution in [3.05, 3.63) is 45.1 Å². The van der Waals surface area contributed by atoms with Gasteiger partial charge in [-0.2, -0.15) is 0 Å². The van der Waals surface area contributed by atoms with E-state index in [-0.39, 0.29) is 17.0 Å². The topological polar surface area (TPSA) is 84.9 Å². The molecule has 1 atom stereocenters. The van der Waals surface area contributed by atoms with E-state index in [0.717, 1.165) is 4.88 Å². The Morgan fingerprint density at radius 2 is 2.08 bits per heavy atom. The number of hydrogen-bond acceptors (Lipinski definition) is 5. The van der Waals surface area contributed by atoms with Crippen molar-refractivity contribution >= 4 is 34.8 Å². The molecule has 128 valence electrons. The maximum Gasteiger partial charge on any atom is 0.305 e. The van der Waals surface area contributed by atoms with Crippen LogP contribution in [0.25, 0.3) is 0 Å². The number of amides is 1. The lowest BCUT2D eigenvalue weighted by Gasteiger charge is -2.17. The van der Waals surface area contributed by atoms with Crippen LogP contribution in [0.15, 0.2) is 29.6 Å². The predicted molar refractivity (Wildman–Crippen MR) is 91.3 cm³/mol. The molecular weight excluding hydrogens is 354 g/mol. The standard InChI is InChI=1S/C16H16ClNO5S/c1-22-12-7-9(6-10(17)15(12)23-2)16(21)18-11(8-14(19)20)13-4-3-5-24-13/h3-7,11H,8H2,1-2H3,(H,18,21)(H,19,20)/t11-/m1/s1. The Balaban J connectivity index is 2.27. The first kappa shape index (κ1) is 18.1. The van der Waals surface area contributed by atoms with Crippen molar-refractivity contribution in [3.8, 4) is 11.5 Å². The van der Waals surface area contributed by atoms with Crippen molar-refractivity contribution in [1.82, 2.24) is 5.32 Å². The first-order valence-corrected chi connectivity index (χ1v) is 8.19. The largest absolute Gasteiger partial charge is 0.493 e. The number of carbonyl (C=O) groups excluding carboxylic acids is 1. The number of aliphatic carboxylic acids is 1. The minimum absolute atomic E-state index is 0.215. The Kier molecular flexibility index (Phi) is 6.05. The number of ether oxygens (including phenoxy) is 2. The van der Waals surface area contributed by atoms with E-state index < -0.39 is 17.9 Å². The molecule has 1 aromatic heterocycles. The van der Waals surface area contributed by atoms with E-state index in [1.165, 1.54) is 37.7 Å². The summed E-state index contributed by atoms with van der Waals surface area (Å²) in [4.78, 5) is 24.3. The van der Waals surface area contributed by atoms with Gasteiger partial charge < -0.3 is 19.9 Å². The van der Waals surface area contributed by atoms with Crippen LogP contribution in [0.2, 0.25) is 5.02 Å². The molecule has 1 amide bonds. The molecule has 0 unspecified atom stereocenters. The van der Waals surface area contributed by atoms with Crippen LogP contribution in [0.1, 0.15) is 27.7 Å². The first-order chi connectivity index (χ1) is 11.5.